The van der Waals surface area contributed by atoms with Gasteiger partial charge < -0.3 is 20.1 Å². The molecule has 1 saturated heterocycles. The third-order valence-corrected chi connectivity index (χ3v) is 6.55. The maximum Gasteiger partial charge on any atom is 0.230 e. The number of anilines is 1. The number of para-hydroxylation sites is 1. The van der Waals surface area contributed by atoms with Crippen LogP contribution in [-0.4, -0.2) is 47.7 Å². The van der Waals surface area contributed by atoms with Gasteiger partial charge in [0.25, 0.3) is 0 Å². The van der Waals surface area contributed by atoms with Crippen molar-refractivity contribution in [3.63, 3.8) is 0 Å². The van der Waals surface area contributed by atoms with Gasteiger partial charge in [0, 0.05) is 25.1 Å². The summed E-state index contributed by atoms with van der Waals surface area (Å²) in [5, 5.41) is 15.4. The molecule has 0 saturated carbocycles. The Hall–Kier alpha value is -1.84. The Kier molecular flexibility index (Phi) is 6.10. The molecule has 0 spiro atoms. The number of ether oxygens (including phenoxy) is 2. The zero-order valence-corrected chi connectivity index (χ0v) is 16.5. The number of hydrogen-bond acceptors (Lipinski definition) is 8. The molecule has 1 aromatic heterocycles. The summed E-state index contributed by atoms with van der Waals surface area (Å²) in [6.07, 6.45) is 3.25. The maximum absolute atomic E-state index is 12.4. The fourth-order valence-electron chi connectivity index (χ4n) is 3.20. The Morgan fingerprint density at radius 1 is 1.26 bits per heavy atom. The van der Waals surface area contributed by atoms with Crippen LogP contribution in [0.15, 0.2) is 28.6 Å². The number of aromatic nitrogens is 2. The van der Waals surface area contributed by atoms with Gasteiger partial charge in [-0.2, -0.15) is 0 Å². The van der Waals surface area contributed by atoms with Crippen LogP contribution in [0.25, 0.3) is 0 Å². The lowest BCUT2D eigenvalue weighted by atomic mass is 10.0. The number of nitrogens with zero attached hydrogens (tertiary/aromatic N) is 2. The van der Waals surface area contributed by atoms with Gasteiger partial charge in [-0.3, -0.25) is 4.79 Å². The highest BCUT2D eigenvalue weighted by Crippen LogP contribution is 2.32. The van der Waals surface area contributed by atoms with E-state index in [1.165, 1.54) is 23.1 Å². The number of thioether (sulfide) groups is 1. The number of fused-ring (bicyclic) bond motifs is 1. The Labute approximate surface area is 166 Å². The average molecular weight is 407 g/mol. The van der Waals surface area contributed by atoms with Crippen molar-refractivity contribution >= 4 is 34.1 Å². The standard InChI is InChI=1S/C18H22N4O3S2/c23-16(20-14-7-9-25-15-6-2-1-5-13(14)15)11-26-18-22-21-17(27-18)19-10-12-4-3-8-24-12/h1-2,5-6,12,14H,3-4,7-11H2,(H,19,21)(H,20,23). The summed E-state index contributed by atoms with van der Waals surface area (Å²) in [4.78, 5) is 12.4. The molecule has 1 fully saturated rings. The Balaban J connectivity index is 1.24. The maximum atomic E-state index is 12.4. The summed E-state index contributed by atoms with van der Waals surface area (Å²) in [7, 11) is 0. The number of benzene rings is 1. The molecule has 2 unspecified atom stereocenters. The average Bonchev–Trinajstić information content (AvgIpc) is 3.37. The molecule has 3 heterocycles. The molecular weight excluding hydrogens is 384 g/mol. The smallest absolute Gasteiger partial charge is 0.230 e. The number of carbonyl (C=O) groups excluding carboxylic acids is 1. The van der Waals surface area contributed by atoms with E-state index in [0.29, 0.717) is 12.4 Å². The molecule has 2 aromatic rings. The largest absolute Gasteiger partial charge is 0.493 e. The molecule has 0 radical (unpaired) electrons. The van der Waals surface area contributed by atoms with E-state index in [2.05, 4.69) is 20.8 Å². The van der Waals surface area contributed by atoms with E-state index >= 15 is 0 Å². The predicted octanol–water partition coefficient (Wildman–Crippen LogP) is 2.86. The first-order valence-electron chi connectivity index (χ1n) is 9.11. The van der Waals surface area contributed by atoms with Gasteiger partial charge in [-0.1, -0.05) is 41.3 Å². The summed E-state index contributed by atoms with van der Waals surface area (Å²) in [5.41, 5.74) is 1.04. The zero-order valence-electron chi connectivity index (χ0n) is 14.8. The zero-order chi connectivity index (χ0) is 18.5. The fourth-order valence-corrected chi connectivity index (χ4v) is 4.77. The topological polar surface area (TPSA) is 85.4 Å². The van der Waals surface area contributed by atoms with E-state index in [0.717, 1.165) is 53.2 Å². The summed E-state index contributed by atoms with van der Waals surface area (Å²) in [6.45, 7) is 2.21. The highest BCUT2D eigenvalue weighted by molar-refractivity contribution is 8.01. The van der Waals surface area contributed by atoms with Gasteiger partial charge >= 0.3 is 0 Å². The van der Waals surface area contributed by atoms with Gasteiger partial charge in [-0.05, 0) is 18.9 Å². The molecule has 7 nitrogen and oxygen atoms in total. The minimum absolute atomic E-state index is 0.00103. The second-order valence-corrected chi connectivity index (χ2v) is 8.67. The number of nitrogens with one attached hydrogen (secondary N) is 2. The van der Waals surface area contributed by atoms with Crippen LogP contribution in [0.5, 0.6) is 5.75 Å². The van der Waals surface area contributed by atoms with Crippen molar-refractivity contribution in [1.29, 1.82) is 0 Å². The van der Waals surface area contributed by atoms with Crippen LogP contribution >= 0.6 is 23.1 Å². The third-order valence-electron chi connectivity index (χ3n) is 4.53. The summed E-state index contributed by atoms with van der Waals surface area (Å²) < 4.78 is 12.0. The van der Waals surface area contributed by atoms with Crippen LogP contribution in [0.1, 0.15) is 30.9 Å². The SMILES string of the molecule is O=C(CSc1nnc(NCC2CCCO2)s1)NC1CCOc2ccccc21. The quantitative estimate of drug-likeness (QED) is 0.684. The van der Waals surface area contributed by atoms with Crippen LogP contribution in [0.2, 0.25) is 0 Å². The van der Waals surface area contributed by atoms with Crippen molar-refractivity contribution in [2.75, 3.05) is 30.8 Å². The lowest BCUT2D eigenvalue weighted by Crippen LogP contribution is -2.33. The molecule has 2 aliphatic rings. The fraction of sp³-hybridized carbons (Fsp3) is 0.500. The van der Waals surface area contributed by atoms with E-state index in [-0.39, 0.29) is 18.1 Å². The lowest BCUT2D eigenvalue weighted by molar-refractivity contribution is -0.119. The van der Waals surface area contributed by atoms with Gasteiger partial charge in [0.05, 0.1) is 24.5 Å². The molecular formula is C18H22N4O3S2. The molecule has 27 heavy (non-hydrogen) atoms. The number of hydrogen-bond donors (Lipinski definition) is 2. The first-order valence-corrected chi connectivity index (χ1v) is 10.9. The van der Waals surface area contributed by atoms with Crippen molar-refractivity contribution in [1.82, 2.24) is 15.5 Å². The van der Waals surface area contributed by atoms with E-state index in [1.54, 1.807) is 0 Å². The van der Waals surface area contributed by atoms with Crippen LogP contribution in [-0.2, 0) is 9.53 Å². The molecule has 0 bridgehead atoms. The van der Waals surface area contributed by atoms with Gasteiger partial charge in [0.1, 0.15) is 5.75 Å². The summed E-state index contributed by atoms with van der Waals surface area (Å²) >= 11 is 2.87. The van der Waals surface area contributed by atoms with E-state index in [4.69, 9.17) is 9.47 Å². The van der Waals surface area contributed by atoms with Gasteiger partial charge in [0.15, 0.2) is 4.34 Å². The highest BCUT2D eigenvalue weighted by Gasteiger charge is 2.22. The molecule has 0 aliphatic carbocycles. The van der Waals surface area contributed by atoms with Crippen LogP contribution in [0.4, 0.5) is 5.13 Å². The first-order chi connectivity index (χ1) is 13.3. The molecule has 2 aliphatic heterocycles. The highest BCUT2D eigenvalue weighted by atomic mass is 32.2. The second kappa shape index (κ2) is 8.90. The Morgan fingerprint density at radius 3 is 3.07 bits per heavy atom. The van der Waals surface area contributed by atoms with E-state index < -0.39 is 0 Å². The molecule has 9 heteroatoms. The Bertz CT molecular complexity index is 779. The van der Waals surface area contributed by atoms with Crippen LogP contribution < -0.4 is 15.4 Å². The molecule has 2 atom stereocenters. The van der Waals surface area contributed by atoms with Crippen molar-refractivity contribution in [3.8, 4) is 5.75 Å². The molecule has 4 rings (SSSR count). The second-order valence-electron chi connectivity index (χ2n) is 6.47. The van der Waals surface area contributed by atoms with E-state index in [1.807, 2.05) is 24.3 Å². The Morgan fingerprint density at radius 2 is 2.19 bits per heavy atom. The number of carbonyl (C=O) groups is 1. The van der Waals surface area contributed by atoms with Crippen molar-refractivity contribution in [2.24, 2.45) is 0 Å². The van der Waals surface area contributed by atoms with Gasteiger partial charge in [-0.25, -0.2) is 0 Å². The summed E-state index contributed by atoms with van der Waals surface area (Å²) in [5.74, 6) is 1.17. The molecule has 2 N–H and O–H groups in total. The summed E-state index contributed by atoms with van der Waals surface area (Å²) in [6, 6.07) is 7.85. The molecule has 144 valence electrons. The van der Waals surface area contributed by atoms with Crippen LogP contribution in [0, 0.1) is 0 Å². The van der Waals surface area contributed by atoms with Gasteiger partial charge in [0.2, 0.25) is 11.0 Å². The lowest BCUT2D eigenvalue weighted by Gasteiger charge is -2.26. The van der Waals surface area contributed by atoms with Crippen molar-refractivity contribution < 1.29 is 14.3 Å². The minimum Gasteiger partial charge on any atom is -0.493 e. The van der Waals surface area contributed by atoms with Gasteiger partial charge in [-0.15, -0.1) is 10.2 Å². The van der Waals surface area contributed by atoms with Crippen LogP contribution in [0.3, 0.4) is 0 Å². The monoisotopic (exact) mass is 406 g/mol. The first kappa shape index (κ1) is 18.5. The molecule has 1 amide bonds. The van der Waals surface area contributed by atoms with Crippen molar-refractivity contribution in [2.45, 2.75) is 35.7 Å². The predicted molar refractivity (Wildman–Crippen MR) is 106 cm³/mol. The number of amides is 1. The normalized spacial score (nSPS) is 21.3. The van der Waals surface area contributed by atoms with E-state index in [9.17, 15) is 4.79 Å². The van der Waals surface area contributed by atoms with Crippen molar-refractivity contribution in [3.05, 3.63) is 29.8 Å². The molecule has 1 aromatic carbocycles. The number of rotatable bonds is 7. The minimum atomic E-state index is -0.00855. The third kappa shape index (κ3) is 4.91.